The highest BCUT2D eigenvalue weighted by atomic mass is 19.4. The molecule has 4 nitrogen and oxygen atoms in total. The molecule has 2 aromatic rings. The van der Waals surface area contributed by atoms with Gasteiger partial charge in [-0.25, -0.2) is 9.37 Å². The fraction of sp³-hybridized carbons (Fsp3) is 0.154. The van der Waals surface area contributed by atoms with Crippen LogP contribution in [0.2, 0.25) is 0 Å². The number of nitrogens with one attached hydrogen (secondary N) is 1. The first-order valence-corrected chi connectivity index (χ1v) is 5.77. The topological polar surface area (TPSA) is 54.9 Å². The van der Waals surface area contributed by atoms with E-state index in [1.807, 2.05) is 0 Å². The third kappa shape index (κ3) is 3.74. The summed E-state index contributed by atoms with van der Waals surface area (Å²) in [7, 11) is 0. The van der Waals surface area contributed by atoms with Gasteiger partial charge in [0.25, 0.3) is 0 Å². The van der Waals surface area contributed by atoms with Crippen molar-refractivity contribution in [2.24, 2.45) is 0 Å². The number of carbonyl (C=O) groups excluding carboxylic acids is 1. The molecule has 8 heteroatoms. The second kappa shape index (κ2) is 5.86. The van der Waals surface area contributed by atoms with Crippen LogP contribution in [0, 0.1) is 5.82 Å². The predicted octanol–water partition coefficient (Wildman–Crippen LogP) is 3.06. The van der Waals surface area contributed by atoms with Crippen molar-refractivity contribution >= 4 is 12.1 Å². The molecule has 0 fully saturated rings. The van der Waals surface area contributed by atoms with E-state index in [0.29, 0.717) is 11.8 Å². The van der Waals surface area contributed by atoms with Crippen molar-refractivity contribution in [3.63, 3.8) is 0 Å². The van der Waals surface area contributed by atoms with Gasteiger partial charge in [0, 0.05) is 24.5 Å². The second-order valence-electron chi connectivity index (χ2n) is 4.12. The summed E-state index contributed by atoms with van der Waals surface area (Å²) in [6.07, 6.45) is -1.80. The number of aldehydes is 1. The van der Waals surface area contributed by atoms with Crippen LogP contribution in [0.15, 0.2) is 30.6 Å². The summed E-state index contributed by atoms with van der Waals surface area (Å²) in [5.74, 6) is -0.819. The Morgan fingerprint density at radius 1 is 1.19 bits per heavy atom. The highest BCUT2D eigenvalue weighted by molar-refractivity contribution is 5.74. The molecule has 0 saturated heterocycles. The molecular formula is C13H9F4N3O. The lowest BCUT2D eigenvalue weighted by molar-refractivity contribution is -0.141. The van der Waals surface area contributed by atoms with Crippen LogP contribution in [-0.2, 0) is 12.7 Å². The third-order valence-corrected chi connectivity index (χ3v) is 2.57. The Bertz CT molecular complexity index is 641. The van der Waals surface area contributed by atoms with Gasteiger partial charge in [-0.05, 0) is 17.7 Å². The van der Waals surface area contributed by atoms with Crippen LogP contribution in [0.1, 0.15) is 21.6 Å². The van der Waals surface area contributed by atoms with Crippen LogP contribution in [0.5, 0.6) is 0 Å². The van der Waals surface area contributed by atoms with E-state index in [1.54, 1.807) is 0 Å². The van der Waals surface area contributed by atoms with E-state index in [4.69, 9.17) is 0 Å². The Balaban J connectivity index is 2.05. The number of halogens is 4. The number of alkyl halides is 3. The lowest BCUT2D eigenvalue weighted by atomic mass is 10.2. The number of nitrogens with zero attached hydrogens (tertiary/aromatic N) is 2. The van der Waals surface area contributed by atoms with E-state index in [0.717, 1.165) is 18.3 Å². The van der Waals surface area contributed by atoms with Crippen LogP contribution in [-0.4, -0.2) is 16.3 Å². The van der Waals surface area contributed by atoms with Crippen LogP contribution >= 0.6 is 0 Å². The van der Waals surface area contributed by atoms with Crippen LogP contribution < -0.4 is 5.32 Å². The maximum Gasteiger partial charge on any atom is 0.433 e. The van der Waals surface area contributed by atoms with Crippen LogP contribution in [0.4, 0.5) is 23.4 Å². The Kier molecular flexibility index (Phi) is 4.15. The molecule has 0 aliphatic carbocycles. The highest BCUT2D eigenvalue weighted by Gasteiger charge is 2.31. The van der Waals surface area contributed by atoms with E-state index in [1.165, 1.54) is 12.3 Å². The molecule has 21 heavy (non-hydrogen) atoms. The maximum absolute atomic E-state index is 13.5. The summed E-state index contributed by atoms with van der Waals surface area (Å²) in [6, 6.07) is 3.09. The Labute approximate surface area is 116 Å². The molecule has 0 unspecified atom stereocenters. The number of rotatable bonds is 4. The van der Waals surface area contributed by atoms with Gasteiger partial charge in [-0.1, -0.05) is 6.07 Å². The highest BCUT2D eigenvalue weighted by Crippen LogP contribution is 2.27. The van der Waals surface area contributed by atoms with Crippen molar-refractivity contribution in [3.8, 4) is 0 Å². The third-order valence-electron chi connectivity index (χ3n) is 2.57. The summed E-state index contributed by atoms with van der Waals surface area (Å²) in [5, 5.41) is 2.62. The molecule has 0 aliphatic rings. The predicted molar refractivity (Wildman–Crippen MR) is 66.1 cm³/mol. The zero-order valence-electron chi connectivity index (χ0n) is 10.5. The minimum Gasteiger partial charge on any atom is -0.364 e. The van der Waals surface area contributed by atoms with E-state index in [2.05, 4.69) is 15.3 Å². The maximum atomic E-state index is 13.5. The molecule has 2 rings (SSSR count). The molecule has 0 aliphatic heterocycles. The van der Waals surface area contributed by atoms with Gasteiger partial charge < -0.3 is 5.32 Å². The quantitative estimate of drug-likeness (QED) is 0.696. The van der Waals surface area contributed by atoms with Gasteiger partial charge in [0.15, 0.2) is 17.9 Å². The summed E-state index contributed by atoms with van der Waals surface area (Å²) < 4.78 is 50.5. The molecule has 110 valence electrons. The number of anilines is 1. The number of carbonyl (C=O) groups is 1. The SMILES string of the molecule is O=Cc1cnc(NCc2ccc(C(F)(F)F)nc2)c(F)c1. The molecule has 0 spiro atoms. The van der Waals surface area contributed by atoms with Crippen molar-refractivity contribution in [2.45, 2.75) is 12.7 Å². The normalized spacial score (nSPS) is 11.2. The van der Waals surface area contributed by atoms with Gasteiger partial charge in [-0.2, -0.15) is 13.2 Å². The van der Waals surface area contributed by atoms with Crippen molar-refractivity contribution in [1.29, 1.82) is 0 Å². The first kappa shape index (κ1) is 14.9. The van der Waals surface area contributed by atoms with Gasteiger partial charge >= 0.3 is 6.18 Å². The zero-order chi connectivity index (χ0) is 15.5. The molecular weight excluding hydrogens is 290 g/mol. The number of aromatic nitrogens is 2. The molecule has 2 aromatic heterocycles. The first-order valence-electron chi connectivity index (χ1n) is 5.77. The first-order chi connectivity index (χ1) is 9.90. The van der Waals surface area contributed by atoms with Crippen molar-refractivity contribution in [1.82, 2.24) is 9.97 Å². The summed E-state index contributed by atoms with van der Waals surface area (Å²) in [5.41, 5.74) is -0.469. The molecule has 0 atom stereocenters. The van der Waals surface area contributed by atoms with E-state index >= 15 is 0 Å². The Hall–Kier alpha value is -2.51. The van der Waals surface area contributed by atoms with Crippen LogP contribution in [0.25, 0.3) is 0 Å². The largest absolute Gasteiger partial charge is 0.433 e. The molecule has 0 aromatic carbocycles. The Morgan fingerprint density at radius 2 is 1.95 bits per heavy atom. The smallest absolute Gasteiger partial charge is 0.364 e. The zero-order valence-corrected chi connectivity index (χ0v) is 10.5. The second-order valence-corrected chi connectivity index (χ2v) is 4.12. The summed E-state index contributed by atoms with van der Waals surface area (Å²) >= 11 is 0. The molecule has 0 radical (unpaired) electrons. The lowest BCUT2D eigenvalue weighted by Gasteiger charge is -2.08. The minimum atomic E-state index is -4.50. The van der Waals surface area contributed by atoms with Crippen molar-refractivity contribution in [3.05, 3.63) is 53.2 Å². The minimum absolute atomic E-state index is 0.0511. The summed E-state index contributed by atoms with van der Waals surface area (Å²) in [6.45, 7) is 0.0511. The fourth-order valence-electron chi connectivity index (χ4n) is 1.53. The molecule has 1 N–H and O–H groups in total. The average molecular weight is 299 g/mol. The van der Waals surface area contributed by atoms with E-state index in [9.17, 15) is 22.4 Å². The van der Waals surface area contributed by atoms with Gasteiger partial charge in [-0.3, -0.25) is 9.78 Å². The monoisotopic (exact) mass is 299 g/mol. The molecule has 0 amide bonds. The standard InChI is InChI=1S/C13H9F4N3O/c14-10-3-9(7-21)6-20-12(10)19-5-8-1-2-11(18-4-8)13(15,16)17/h1-4,6-7H,5H2,(H,19,20). The fourth-order valence-corrected chi connectivity index (χ4v) is 1.53. The molecule has 2 heterocycles. The van der Waals surface area contributed by atoms with Gasteiger partial charge in [0.1, 0.15) is 5.69 Å². The summed E-state index contributed by atoms with van der Waals surface area (Å²) in [4.78, 5) is 17.4. The number of hydrogen-bond acceptors (Lipinski definition) is 4. The van der Waals surface area contributed by atoms with E-state index < -0.39 is 17.7 Å². The number of pyridine rings is 2. The van der Waals surface area contributed by atoms with Gasteiger partial charge in [0.2, 0.25) is 0 Å². The Morgan fingerprint density at radius 3 is 2.48 bits per heavy atom. The van der Waals surface area contributed by atoms with E-state index in [-0.39, 0.29) is 17.9 Å². The molecule has 0 bridgehead atoms. The lowest BCUT2D eigenvalue weighted by Crippen LogP contribution is -2.09. The molecule has 0 saturated carbocycles. The van der Waals surface area contributed by atoms with Crippen molar-refractivity contribution < 1.29 is 22.4 Å². The van der Waals surface area contributed by atoms with Gasteiger partial charge in [-0.15, -0.1) is 0 Å². The van der Waals surface area contributed by atoms with Gasteiger partial charge in [0.05, 0.1) is 0 Å². The van der Waals surface area contributed by atoms with Crippen LogP contribution in [0.3, 0.4) is 0 Å². The number of hydrogen-bond donors (Lipinski definition) is 1. The average Bonchev–Trinajstić information content (AvgIpc) is 2.45. The van der Waals surface area contributed by atoms with Crippen molar-refractivity contribution in [2.75, 3.05) is 5.32 Å².